The molecular formula is C18H21F3N6S. The third kappa shape index (κ3) is 5.51. The van der Waals surface area contributed by atoms with Gasteiger partial charge in [0.1, 0.15) is 5.82 Å². The minimum atomic E-state index is -4.57. The molecular weight excluding hydrogens is 389 g/mol. The van der Waals surface area contributed by atoms with E-state index in [1.165, 1.54) is 0 Å². The fourth-order valence-electron chi connectivity index (χ4n) is 3.03. The van der Waals surface area contributed by atoms with Gasteiger partial charge in [0.05, 0.1) is 0 Å². The normalized spacial score (nSPS) is 17.3. The van der Waals surface area contributed by atoms with Gasteiger partial charge in [-0.3, -0.25) is 4.98 Å². The smallest absolute Gasteiger partial charge is 0.358 e. The standard InChI is InChI=1S/C18H21F3N6S/c1-12-4-3-7-27(11-12)15-8-14(18(19,20)21)24-16(25-15)26-17(28)23-10-13-5-2-6-22-9-13/h2,5-6,8-9,12H,3-4,7,10-11H2,1H3,(H2,23,24,25,26,28)/t12-/m0/s1. The van der Waals surface area contributed by atoms with Crippen LogP contribution in [0.2, 0.25) is 0 Å². The predicted molar refractivity (Wildman–Crippen MR) is 105 cm³/mol. The minimum Gasteiger partial charge on any atom is -0.358 e. The van der Waals surface area contributed by atoms with Crippen molar-refractivity contribution < 1.29 is 13.2 Å². The highest BCUT2D eigenvalue weighted by Gasteiger charge is 2.34. The maximum absolute atomic E-state index is 13.3. The highest BCUT2D eigenvalue weighted by molar-refractivity contribution is 7.80. The second kappa shape index (κ2) is 8.68. The average molecular weight is 410 g/mol. The molecule has 3 heterocycles. The monoisotopic (exact) mass is 410 g/mol. The molecule has 0 saturated carbocycles. The number of hydrogen-bond donors (Lipinski definition) is 2. The summed E-state index contributed by atoms with van der Waals surface area (Å²) in [6.45, 7) is 3.79. The van der Waals surface area contributed by atoms with Crippen molar-refractivity contribution in [2.24, 2.45) is 5.92 Å². The molecule has 150 valence electrons. The molecule has 6 nitrogen and oxygen atoms in total. The van der Waals surface area contributed by atoms with Crippen LogP contribution in [0.3, 0.4) is 0 Å². The van der Waals surface area contributed by atoms with E-state index in [1.807, 2.05) is 11.0 Å². The fourth-order valence-corrected chi connectivity index (χ4v) is 3.19. The Morgan fingerprint density at radius 2 is 2.18 bits per heavy atom. The molecule has 2 aromatic heterocycles. The molecule has 0 spiro atoms. The third-order valence-corrected chi connectivity index (χ3v) is 4.63. The lowest BCUT2D eigenvalue weighted by atomic mass is 10.0. The van der Waals surface area contributed by atoms with Gasteiger partial charge in [-0.05, 0) is 42.6 Å². The topological polar surface area (TPSA) is 66.0 Å². The van der Waals surface area contributed by atoms with Crippen molar-refractivity contribution in [1.82, 2.24) is 20.3 Å². The Hall–Kier alpha value is -2.49. The maximum atomic E-state index is 13.3. The Bertz CT molecular complexity index is 815. The van der Waals surface area contributed by atoms with Crippen molar-refractivity contribution in [3.05, 3.63) is 41.9 Å². The first-order chi connectivity index (χ1) is 13.3. The highest BCUT2D eigenvalue weighted by Crippen LogP contribution is 2.31. The van der Waals surface area contributed by atoms with Crippen LogP contribution >= 0.6 is 12.2 Å². The number of alkyl halides is 3. The predicted octanol–water partition coefficient (Wildman–Crippen LogP) is 3.61. The Labute approximate surface area is 166 Å². The molecule has 2 aromatic rings. The summed E-state index contributed by atoms with van der Waals surface area (Å²) in [6.07, 6.45) is 0.730. The molecule has 0 unspecified atom stereocenters. The second-order valence-electron chi connectivity index (χ2n) is 6.80. The van der Waals surface area contributed by atoms with Gasteiger partial charge in [0.15, 0.2) is 10.8 Å². The number of aromatic nitrogens is 3. The van der Waals surface area contributed by atoms with Gasteiger partial charge in [-0.15, -0.1) is 0 Å². The lowest BCUT2D eigenvalue weighted by molar-refractivity contribution is -0.141. The van der Waals surface area contributed by atoms with Crippen LogP contribution in [-0.4, -0.2) is 33.2 Å². The van der Waals surface area contributed by atoms with E-state index < -0.39 is 11.9 Å². The second-order valence-corrected chi connectivity index (χ2v) is 7.20. The van der Waals surface area contributed by atoms with E-state index in [4.69, 9.17) is 12.2 Å². The number of rotatable bonds is 4. The van der Waals surface area contributed by atoms with Crippen LogP contribution in [0.5, 0.6) is 0 Å². The first-order valence-corrected chi connectivity index (χ1v) is 9.37. The van der Waals surface area contributed by atoms with Crippen LogP contribution in [0.4, 0.5) is 24.9 Å². The summed E-state index contributed by atoms with van der Waals surface area (Å²) in [5.74, 6) is 0.481. The minimum absolute atomic E-state index is 0.140. The van der Waals surface area contributed by atoms with Gasteiger partial charge < -0.3 is 15.5 Å². The van der Waals surface area contributed by atoms with E-state index in [-0.39, 0.29) is 16.9 Å². The van der Waals surface area contributed by atoms with Gasteiger partial charge in [-0.1, -0.05) is 13.0 Å². The lowest BCUT2D eigenvalue weighted by Gasteiger charge is -2.32. The van der Waals surface area contributed by atoms with Crippen molar-refractivity contribution in [2.45, 2.75) is 32.5 Å². The number of piperidine rings is 1. The van der Waals surface area contributed by atoms with Crippen LogP contribution in [0.1, 0.15) is 31.0 Å². The van der Waals surface area contributed by atoms with E-state index in [1.54, 1.807) is 18.5 Å². The van der Waals surface area contributed by atoms with Crippen molar-refractivity contribution in [1.29, 1.82) is 0 Å². The summed E-state index contributed by atoms with van der Waals surface area (Å²) < 4.78 is 39.9. The number of thiocarbonyl (C=S) groups is 1. The van der Waals surface area contributed by atoms with Crippen molar-refractivity contribution in [3.8, 4) is 0 Å². The van der Waals surface area contributed by atoms with E-state index in [0.717, 1.165) is 24.5 Å². The maximum Gasteiger partial charge on any atom is 0.433 e. The Morgan fingerprint density at radius 3 is 2.86 bits per heavy atom. The number of nitrogens with zero attached hydrogens (tertiary/aromatic N) is 4. The zero-order valence-electron chi connectivity index (χ0n) is 15.3. The molecule has 1 aliphatic rings. The van der Waals surface area contributed by atoms with Gasteiger partial charge in [0.2, 0.25) is 5.95 Å². The van der Waals surface area contributed by atoms with Gasteiger partial charge in [-0.2, -0.15) is 18.2 Å². The van der Waals surface area contributed by atoms with Gasteiger partial charge in [-0.25, -0.2) is 4.98 Å². The molecule has 3 rings (SSSR count). The van der Waals surface area contributed by atoms with E-state index in [2.05, 4.69) is 32.5 Å². The summed E-state index contributed by atoms with van der Waals surface area (Å²) in [5.41, 5.74) is -0.104. The molecule has 1 aliphatic heterocycles. The number of hydrogen-bond acceptors (Lipinski definition) is 5. The summed E-state index contributed by atoms with van der Waals surface area (Å²) in [5, 5.41) is 5.72. The summed E-state index contributed by atoms with van der Waals surface area (Å²) in [4.78, 5) is 13.7. The summed E-state index contributed by atoms with van der Waals surface area (Å²) in [7, 11) is 0. The summed E-state index contributed by atoms with van der Waals surface area (Å²) >= 11 is 5.17. The van der Waals surface area contributed by atoms with Crippen molar-refractivity contribution in [2.75, 3.05) is 23.3 Å². The van der Waals surface area contributed by atoms with Crippen LogP contribution in [0.15, 0.2) is 30.6 Å². The van der Waals surface area contributed by atoms with Gasteiger partial charge >= 0.3 is 6.18 Å². The molecule has 0 radical (unpaired) electrons. The zero-order chi connectivity index (χ0) is 20.1. The van der Waals surface area contributed by atoms with Crippen LogP contribution in [-0.2, 0) is 12.7 Å². The van der Waals surface area contributed by atoms with E-state index in [9.17, 15) is 13.2 Å². The molecule has 1 fully saturated rings. The van der Waals surface area contributed by atoms with E-state index >= 15 is 0 Å². The molecule has 0 bridgehead atoms. The number of halogens is 3. The van der Waals surface area contributed by atoms with Crippen LogP contribution < -0.4 is 15.5 Å². The lowest BCUT2D eigenvalue weighted by Crippen LogP contribution is -2.35. The molecule has 28 heavy (non-hydrogen) atoms. The first-order valence-electron chi connectivity index (χ1n) is 8.96. The third-order valence-electron chi connectivity index (χ3n) is 4.39. The largest absolute Gasteiger partial charge is 0.433 e. The van der Waals surface area contributed by atoms with Gasteiger partial charge in [0, 0.05) is 38.1 Å². The highest BCUT2D eigenvalue weighted by atomic mass is 32.1. The molecule has 1 saturated heterocycles. The molecule has 10 heteroatoms. The number of pyridine rings is 1. The number of anilines is 2. The first kappa shape index (κ1) is 20.2. The zero-order valence-corrected chi connectivity index (χ0v) is 16.1. The Morgan fingerprint density at radius 1 is 1.36 bits per heavy atom. The average Bonchev–Trinajstić information content (AvgIpc) is 2.66. The summed E-state index contributed by atoms with van der Waals surface area (Å²) in [6, 6.07) is 4.64. The van der Waals surface area contributed by atoms with Crippen LogP contribution in [0.25, 0.3) is 0 Å². The van der Waals surface area contributed by atoms with Crippen LogP contribution in [0, 0.1) is 5.92 Å². The molecule has 0 aliphatic carbocycles. The molecule has 1 atom stereocenters. The molecule has 0 aromatic carbocycles. The van der Waals surface area contributed by atoms with E-state index in [0.29, 0.717) is 25.6 Å². The van der Waals surface area contributed by atoms with Crippen molar-refractivity contribution >= 4 is 29.1 Å². The Kier molecular flexibility index (Phi) is 6.28. The Balaban J connectivity index is 1.75. The number of nitrogens with one attached hydrogen (secondary N) is 2. The fraction of sp³-hybridized carbons (Fsp3) is 0.444. The van der Waals surface area contributed by atoms with Crippen molar-refractivity contribution in [3.63, 3.8) is 0 Å². The van der Waals surface area contributed by atoms with Gasteiger partial charge in [0.25, 0.3) is 0 Å². The SMILES string of the molecule is C[C@H]1CCCN(c2cc(C(F)(F)F)nc(NC(=S)NCc3cccnc3)n2)C1. The quantitative estimate of drug-likeness (QED) is 0.747. The molecule has 2 N–H and O–H groups in total. The molecule has 0 amide bonds.